The number of anilines is 2. The summed E-state index contributed by atoms with van der Waals surface area (Å²) in [6, 6.07) is 31.6. The fourth-order valence-electron chi connectivity index (χ4n) is 6.66. The molecule has 0 saturated heterocycles. The van der Waals surface area contributed by atoms with Gasteiger partial charge in [-0.2, -0.15) is 0 Å². The van der Waals surface area contributed by atoms with Gasteiger partial charge < -0.3 is 29.9 Å². The van der Waals surface area contributed by atoms with Gasteiger partial charge in [0.2, 0.25) is 0 Å². The van der Waals surface area contributed by atoms with Crippen molar-refractivity contribution in [3.05, 3.63) is 155 Å². The maximum atomic E-state index is 13.2. The van der Waals surface area contributed by atoms with Gasteiger partial charge in [0, 0.05) is 17.5 Å². The van der Waals surface area contributed by atoms with Gasteiger partial charge in [-0.05, 0) is 103 Å². The summed E-state index contributed by atoms with van der Waals surface area (Å²) in [7, 11) is 7.94. The van der Waals surface area contributed by atoms with Gasteiger partial charge in [-0.1, -0.05) is 72.2 Å². The van der Waals surface area contributed by atoms with Gasteiger partial charge in [-0.25, -0.2) is 9.80 Å². The third-order valence-corrected chi connectivity index (χ3v) is 9.77. The van der Waals surface area contributed by atoms with Gasteiger partial charge in [0.1, 0.15) is 23.0 Å². The first-order chi connectivity index (χ1) is 30.4. The summed E-state index contributed by atoms with van der Waals surface area (Å²) >= 11 is 0. The van der Waals surface area contributed by atoms with Crippen LogP contribution in [0.1, 0.15) is 101 Å². The van der Waals surface area contributed by atoms with E-state index in [-0.39, 0.29) is 52.1 Å². The molecule has 4 N–H and O–H groups in total. The third-order valence-electron chi connectivity index (χ3n) is 9.77. The average molecular weight is 939 g/mol. The van der Waals surface area contributed by atoms with Crippen molar-refractivity contribution in [2.24, 2.45) is 0 Å². The minimum atomic E-state index is -0.580. The average Bonchev–Trinajstić information content (AvgIpc) is 3.66. The van der Waals surface area contributed by atoms with Crippen molar-refractivity contribution in [1.29, 1.82) is 0 Å². The lowest BCUT2D eigenvalue weighted by atomic mass is 9.78. The van der Waals surface area contributed by atoms with E-state index in [4.69, 9.17) is 9.47 Å². The maximum absolute atomic E-state index is 13.2. The van der Waals surface area contributed by atoms with Crippen LogP contribution in [0.25, 0.3) is 0 Å². The van der Waals surface area contributed by atoms with Gasteiger partial charge in [0.25, 0.3) is 23.6 Å². The smallest absolute Gasteiger partial charge is 0.266 e. The molecule has 0 fully saturated rings. The lowest BCUT2D eigenvalue weighted by Gasteiger charge is -2.26. The molecule has 0 spiro atoms. The zero-order valence-electron chi connectivity index (χ0n) is 36.1. The topological polar surface area (TPSA) is 174 Å². The third kappa shape index (κ3) is 10.7. The standard InChI is InChI=1S/C43H30N2O10.C3H8.C2H6.H6P4/c1-43(2,23-3-9-27(10-4-23)54-29-13-15-31-33(21-29)41(52)44(39(31)50)25-7-17-35(46)37(48)19-25)24-5-11-28(12-6-24)55-30-14-16-32-34(22-30)42(53)45(40(32)51)26-8-18-36(47)38(49)20-26;1-3-2;1-2;1-4(2)3/h3-22,46-49H,1-2H3;3H2,1-2H3;1-2H3;1-3H2. The van der Waals surface area contributed by atoms with Crippen molar-refractivity contribution in [3.63, 3.8) is 0 Å². The molecule has 64 heavy (non-hydrogen) atoms. The first-order valence-electron chi connectivity index (χ1n) is 20.2. The van der Waals surface area contributed by atoms with Gasteiger partial charge in [0.15, 0.2) is 23.0 Å². The largest absolute Gasteiger partial charge is 0.504 e. The van der Waals surface area contributed by atoms with Crippen molar-refractivity contribution >= 4 is 68.8 Å². The zero-order chi connectivity index (χ0) is 47.0. The van der Waals surface area contributed by atoms with Gasteiger partial charge >= 0.3 is 0 Å². The Morgan fingerprint density at radius 2 is 0.766 bits per heavy atom. The molecule has 3 atom stereocenters. The van der Waals surface area contributed by atoms with Crippen LogP contribution in [0.5, 0.6) is 46.0 Å². The molecule has 2 aliphatic rings. The molecule has 0 saturated carbocycles. The molecular weight excluding hydrogens is 888 g/mol. The molecule has 16 heteroatoms. The molecule has 8 rings (SSSR count). The summed E-state index contributed by atoms with van der Waals surface area (Å²) in [5.74, 6) is -2.17. The fraction of sp³-hybridized carbons (Fsp3) is 0.167. The van der Waals surface area contributed by atoms with Crippen LogP contribution in [-0.2, 0) is 5.41 Å². The number of hydrogen-bond acceptors (Lipinski definition) is 10. The van der Waals surface area contributed by atoms with Crippen LogP contribution >= 0.6 is 33.8 Å². The zero-order valence-corrected chi connectivity index (χ0v) is 40.4. The quantitative estimate of drug-likeness (QED) is 0.0653. The second-order valence-corrected chi connectivity index (χ2v) is 26.3. The Labute approximate surface area is 380 Å². The molecule has 4 amide bonds. The summed E-state index contributed by atoms with van der Waals surface area (Å²) in [6.45, 7) is 12.5. The Bertz CT molecular complexity index is 2510. The van der Waals surface area contributed by atoms with Gasteiger partial charge in [-0.3, -0.25) is 19.2 Å². The molecule has 0 aromatic heterocycles. The predicted octanol–water partition coefficient (Wildman–Crippen LogP) is 12.3. The fourth-order valence-corrected chi connectivity index (χ4v) is 6.66. The molecule has 332 valence electrons. The molecule has 2 heterocycles. The minimum Gasteiger partial charge on any atom is -0.504 e. The number of carbonyl (C=O) groups is 4. The number of rotatable bonds is 8. The highest BCUT2D eigenvalue weighted by molar-refractivity contribution is 8.65. The van der Waals surface area contributed by atoms with Crippen LogP contribution in [0.4, 0.5) is 11.4 Å². The Morgan fingerprint density at radius 1 is 0.469 bits per heavy atom. The summed E-state index contributed by atoms with van der Waals surface area (Å²) in [6.07, 6.45) is 1.25. The van der Waals surface area contributed by atoms with Gasteiger partial charge in [0.05, 0.1) is 33.6 Å². The normalized spacial score (nSPS) is 12.7. The van der Waals surface area contributed by atoms with E-state index in [0.717, 1.165) is 33.1 Å². The number of fused-ring (bicyclic) bond motifs is 2. The number of ether oxygens (including phenoxy) is 2. The summed E-state index contributed by atoms with van der Waals surface area (Å²) < 4.78 is 12.1. The number of phenolic OH excluding ortho intramolecular Hbond substituents is 4. The van der Waals surface area contributed by atoms with Crippen LogP contribution in [0.15, 0.2) is 121 Å². The Kier molecular flexibility index (Phi) is 16.3. The SMILES string of the molecule is CC.CC(C)(c1ccc(Oc2ccc3c(c2)C(=O)N(c2ccc(O)c(O)c2)C3=O)cc1)c1ccc(Oc2ccc3c(c2)C(=O)N(c2ccc(O)c(O)c2)C3=O)cc1.CCC.PP(P)P. The maximum Gasteiger partial charge on any atom is 0.266 e. The lowest BCUT2D eigenvalue weighted by Crippen LogP contribution is -2.29. The Balaban J connectivity index is 0.000000792. The number of phenols is 4. The molecule has 12 nitrogen and oxygen atoms in total. The van der Waals surface area contributed by atoms with E-state index >= 15 is 0 Å². The van der Waals surface area contributed by atoms with Crippen molar-refractivity contribution in [3.8, 4) is 46.0 Å². The number of benzene rings is 6. The first-order valence-corrected chi connectivity index (χ1v) is 26.3. The second-order valence-electron chi connectivity index (χ2n) is 14.7. The van der Waals surface area contributed by atoms with Gasteiger partial charge in [-0.15, -0.1) is 26.8 Å². The Morgan fingerprint density at radius 3 is 1.08 bits per heavy atom. The minimum absolute atomic E-state index is 0.128. The molecular formula is C48H50N2O10P4. The molecule has 6 aromatic carbocycles. The summed E-state index contributed by atoms with van der Waals surface area (Å²) in [4.78, 5) is 54.3. The second kappa shape index (κ2) is 21.2. The number of amides is 4. The lowest BCUT2D eigenvalue weighted by molar-refractivity contribution is 0.0910. The number of carbonyl (C=O) groups excluding carboxylic acids is 4. The summed E-state index contributed by atoms with van der Waals surface area (Å²) in [5, 5.41) is 39.0. The van der Waals surface area contributed by atoms with Crippen molar-refractivity contribution in [2.75, 3.05) is 9.80 Å². The van der Waals surface area contributed by atoms with E-state index in [0.29, 0.717) is 23.0 Å². The van der Waals surface area contributed by atoms with E-state index in [1.165, 1.54) is 55.0 Å². The molecule has 6 aromatic rings. The molecule has 0 aliphatic carbocycles. The number of aromatic hydroxyl groups is 4. The van der Waals surface area contributed by atoms with E-state index < -0.39 is 40.5 Å². The highest BCUT2D eigenvalue weighted by Crippen LogP contribution is 2.60. The highest BCUT2D eigenvalue weighted by atomic mass is 32.7. The Hall–Kier alpha value is -5.88. The molecule has 0 radical (unpaired) electrons. The van der Waals surface area contributed by atoms with Crippen molar-refractivity contribution < 1.29 is 49.1 Å². The van der Waals surface area contributed by atoms with E-state index in [9.17, 15) is 39.6 Å². The first kappa shape index (κ1) is 49.1. The van der Waals surface area contributed by atoms with Crippen molar-refractivity contribution in [2.45, 2.75) is 53.4 Å². The number of hydrogen-bond donors (Lipinski definition) is 4. The van der Waals surface area contributed by atoms with E-state index in [1.807, 2.05) is 62.4 Å². The predicted molar refractivity (Wildman–Crippen MR) is 263 cm³/mol. The monoisotopic (exact) mass is 938 g/mol. The molecule has 0 bridgehead atoms. The van der Waals surface area contributed by atoms with Crippen LogP contribution in [-0.4, -0.2) is 44.1 Å². The number of nitrogens with zero attached hydrogens (tertiary/aromatic N) is 2. The van der Waals surface area contributed by atoms with Crippen LogP contribution in [0.2, 0.25) is 0 Å². The molecule has 3 unspecified atom stereocenters. The molecule has 2 aliphatic heterocycles. The van der Waals surface area contributed by atoms with Crippen LogP contribution in [0, 0.1) is 0 Å². The van der Waals surface area contributed by atoms with Crippen molar-refractivity contribution in [1.82, 2.24) is 0 Å². The van der Waals surface area contributed by atoms with Crippen LogP contribution in [0.3, 0.4) is 0 Å². The van der Waals surface area contributed by atoms with E-state index in [1.54, 1.807) is 12.1 Å². The number of imide groups is 2. The van der Waals surface area contributed by atoms with E-state index in [2.05, 4.69) is 54.5 Å². The summed E-state index contributed by atoms with van der Waals surface area (Å²) in [5.41, 5.74) is 2.49. The van der Waals surface area contributed by atoms with Crippen LogP contribution < -0.4 is 19.3 Å². The highest BCUT2D eigenvalue weighted by Gasteiger charge is 2.39.